The number of aryl methyl sites for hydroxylation is 1. The fourth-order valence-electron chi connectivity index (χ4n) is 4.40. The van der Waals surface area contributed by atoms with Crippen molar-refractivity contribution in [1.82, 2.24) is 19.9 Å². The summed E-state index contributed by atoms with van der Waals surface area (Å²) in [5.74, 6) is -5.40. The van der Waals surface area contributed by atoms with Crippen molar-refractivity contribution in [2.75, 3.05) is 18.5 Å². The van der Waals surface area contributed by atoms with Gasteiger partial charge in [0.15, 0.2) is 5.65 Å². The van der Waals surface area contributed by atoms with Gasteiger partial charge in [0.05, 0.1) is 18.3 Å². The number of pyridine rings is 1. The van der Waals surface area contributed by atoms with Gasteiger partial charge in [-0.05, 0) is 55.7 Å². The standard InChI is InChI=1S/C29H24F5N5O5/c1-14-5-6-15(26(42)35-16-7-8-16)11-19(14)23-18-9-10-22(41)39(24-20(30)3-2-4-21(24)31)25(18)38-28(37-23)36-17(12-40)13-44-27(43)29(32,33)34/h2-6,9-11,16-17,40H,7-8,12-13H2,1H3,(H,35,42)(H,36,37,38). The molecule has 1 fully saturated rings. The molecular weight excluding hydrogens is 593 g/mol. The second-order valence-corrected chi connectivity index (χ2v) is 10.1. The largest absolute Gasteiger partial charge is 0.490 e. The average molecular weight is 618 g/mol. The first-order valence-electron chi connectivity index (χ1n) is 13.3. The smallest absolute Gasteiger partial charge is 0.457 e. The Morgan fingerprint density at radius 3 is 2.43 bits per heavy atom. The van der Waals surface area contributed by atoms with Crippen LogP contribution in [0.2, 0.25) is 0 Å². The highest BCUT2D eigenvalue weighted by Crippen LogP contribution is 2.32. The molecule has 0 radical (unpaired) electrons. The van der Waals surface area contributed by atoms with Crippen LogP contribution in [0.25, 0.3) is 28.0 Å². The number of fused-ring (bicyclic) bond motifs is 1. The van der Waals surface area contributed by atoms with Crippen LogP contribution in [0.4, 0.5) is 27.9 Å². The lowest BCUT2D eigenvalue weighted by Gasteiger charge is -2.20. The maximum Gasteiger partial charge on any atom is 0.490 e. The number of hydrogen-bond acceptors (Lipinski definition) is 8. The third-order valence-electron chi connectivity index (χ3n) is 6.78. The molecule has 4 aromatic rings. The van der Waals surface area contributed by atoms with Crippen molar-refractivity contribution >= 4 is 28.9 Å². The van der Waals surface area contributed by atoms with E-state index in [1.54, 1.807) is 19.1 Å². The Bertz CT molecular complexity index is 1800. The summed E-state index contributed by atoms with van der Waals surface area (Å²) in [6.07, 6.45) is -3.57. The Morgan fingerprint density at radius 1 is 1.09 bits per heavy atom. The third kappa shape index (κ3) is 6.37. The SMILES string of the molecule is Cc1ccc(C(=O)NC2CC2)cc1-c1nc(NC(CO)COC(=O)C(F)(F)F)nc2c1ccc(=O)n2-c1c(F)cccc1F. The summed E-state index contributed by atoms with van der Waals surface area (Å²) >= 11 is 0. The van der Waals surface area contributed by atoms with E-state index in [9.17, 15) is 41.4 Å². The molecule has 1 aliphatic carbocycles. The number of nitrogens with zero attached hydrogens (tertiary/aromatic N) is 3. The lowest BCUT2D eigenvalue weighted by Crippen LogP contribution is -2.35. The number of amides is 1. The van der Waals surface area contributed by atoms with Gasteiger partial charge in [-0.1, -0.05) is 12.1 Å². The maximum atomic E-state index is 14.9. The molecule has 0 saturated heterocycles. The first-order valence-corrected chi connectivity index (χ1v) is 13.3. The second kappa shape index (κ2) is 12.0. The van der Waals surface area contributed by atoms with E-state index in [1.807, 2.05) is 0 Å². The molecule has 1 amide bonds. The van der Waals surface area contributed by atoms with E-state index in [0.717, 1.165) is 37.1 Å². The first-order chi connectivity index (χ1) is 20.9. The molecule has 10 nitrogen and oxygen atoms in total. The van der Waals surface area contributed by atoms with Crippen molar-refractivity contribution in [3.63, 3.8) is 0 Å². The molecule has 15 heteroatoms. The van der Waals surface area contributed by atoms with Crippen LogP contribution in [0.1, 0.15) is 28.8 Å². The molecule has 0 aliphatic heterocycles. The van der Waals surface area contributed by atoms with Crippen LogP contribution in [-0.2, 0) is 9.53 Å². The summed E-state index contributed by atoms with van der Waals surface area (Å²) in [6, 6.07) is 8.85. The number of para-hydroxylation sites is 1. The van der Waals surface area contributed by atoms with E-state index < -0.39 is 60.2 Å². The van der Waals surface area contributed by atoms with Gasteiger partial charge < -0.3 is 20.5 Å². The number of nitrogens with one attached hydrogen (secondary N) is 2. The predicted octanol–water partition coefficient (Wildman–Crippen LogP) is 3.80. The Labute approximate surface area is 245 Å². The zero-order valence-corrected chi connectivity index (χ0v) is 22.9. The Hall–Kier alpha value is -4.92. The van der Waals surface area contributed by atoms with Crippen LogP contribution in [0.5, 0.6) is 0 Å². The molecule has 5 rings (SSSR count). The number of esters is 1. The zero-order chi connectivity index (χ0) is 31.8. The number of ether oxygens (including phenoxy) is 1. The lowest BCUT2D eigenvalue weighted by molar-refractivity contribution is -0.200. The number of aromatic nitrogens is 3. The van der Waals surface area contributed by atoms with Gasteiger partial charge in [0.25, 0.3) is 11.5 Å². The van der Waals surface area contributed by atoms with Crippen molar-refractivity contribution in [3.8, 4) is 16.9 Å². The van der Waals surface area contributed by atoms with Crippen LogP contribution >= 0.6 is 0 Å². The normalized spacial score (nSPS) is 13.9. The Kier molecular flexibility index (Phi) is 8.32. The summed E-state index contributed by atoms with van der Waals surface area (Å²) < 4.78 is 72.7. The average Bonchev–Trinajstić information content (AvgIpc) is 3.79. The van der Waals surface area contributed by atoms with Gasteiger partial charge in [-0.15, -0.1) is 0 Å². The van der Waals surface area contributed by atoms with E-state index in [4.69, 9.17) is 0 Å². The van der Waals surface area contributed by atoms with E-state index in [2.05, 4.69) is 25.3 Å². The second-order valence-electron chi connectivity index (χ2n) is 10.1. The van der Waals surface area contributed by atoms with Gasteiger partial charge in [-0.3, -0.25) is 14.2 Å². The third-order valence-corrected chi connectivity index (χ3v) is 6.78. The van der Waals surface area contributed by atoms with Gasteiger partial charge in [-0.2, -0.15) is 18.2 Å². The van der Waals surface area contributed by atoms with E-state index >= 15 is 0 Å². The van der Waals surface area contributed by atoms with Crippen molar-refractivity contribution in [2.45, 2.75) is 38.0 Å². The van der Waals surface area contributed by atoms with E-state index in [1.165, 1.54) is 12.1 Å². The van der Waals surface area contributed by atoms with E-state index in [0.29, 0.717) is 15.7 Å². The number of hydrogen-bond donors (Lipinski definition) is 3. The highest BCUT2D eigenvalue weighted by Gasteiger charge is 2.41. The van der Waals surface area contributed by atoms with Crippen molar-refractivity contribution in [1.29, 1.82) is 0 Å². The quantitative estimate of drug-likeness (QED) is 0.191. The fraction of sp³-hybridized carbons (Fsp3) is 0.276. The highest BCUT2D eigenvalue weighted by atomic mass is 19.4. The molecule has 230 valence electrons. The van der Waals surface area contributed by atoms with Gasteiger partial charge >= 0.3 is 12.1 Å². The van der Waals surface area contributed by atoms with Crippen LogP contribution < -0.4 is 16.2 Å². The van der Waals surface area contributed by atoms with Crippen LogP contribution in [-0.4, -0.2) is 63.0 Å². The number of benzene rings is 2. The summed E-state index contributed by atoms with van der Waals surface area (Å²) in [7, 11) is 0. The topological polar surface area (TPSA) is 135 Å². The minimum absolute atomic E-state index is 0.0647. The molecule has 1 aliphatic rings. The lowest BCUT2D eigenvalue weighted by atomic mass is 9.99. The Balaban J connectivity index is 1.69. The monoisotopic (exact) mass is 617 g/mol. The molecule has 0 bridgehead atoms. The summed E-state index contributed by atoms with van der Waals surface area (Å²) in [5, 5.41) is 15.3. The summed E-state index contributed by atoms with van der Waals surface area (Å²) in [5.41, 5.74) is -0.580. The van der Waals surface area contributed by atoms with Gasteiger partial charge in [-0.25, -0.2) is 18.6 Å². The molecule has 44 heavy (non-hydrogen) atoms. The molecule has 1 atom stereocenters. The number of halogens is 5. The van der Waals surface area contributed by atoms with Crippen molar-refractivity contribution < 1.29 is 41.4 Å². The molecular formula is C29H24F5N5O5. The number of aliphatic hydroxyl groups is 1. The van der Waals surface area contributed by atoms with Crippen LogP contribution in [0.3, 0.4) is 0 Å². The number of rotatable bonds is 9. The van der Waals surface area contributed by atoms with Crippen LogP contribution in [0, 0.1) is 18.6 Å². The number of aliphatic hydroxyl groups excluding tert-OH is 1. The number of carbonyl (C=O) groups is 2. The minimum atomic E-state index is -5.28. The van der Waals surface area contributed by atoms with Gasteiger partial charge in [0.2, 0.25) is 5.95 Å². The van der Waals surface area contributed by atoms with Gasteiger partial charge in [0.1, 0.15) is 23.9 Å². The molecule has 2 aromatic carbocycles. The van der Waals surface area contributed by atoms with E-state index in [-0.39, 0.29) is 34.2 Å². The zero-order valence-electron chi connectivity index (χ0n) is 22.9. The summed E-state index contributed by atoms with van der Waals surface area (Å²) in [6.45, 7) is -0.0924. The first kappa shape index (κ1) is 30.5. The molecule has 1 saturated carbocycles. The molecule has 1 unspecified atom stereocenters. The number of carbonyl (C=O) groups excluding carboxylic acids is 2. The predicted molar refractivity (Wildman–Crippen MR) is 147 cm³/mol. The molecule has 2 aromatic heterocycles. The fourth-order valence-corrected chi connectivity index (χ4v) is 4.40. The Morgan fingerprint density at radius 2 is 1.80 bits per heavy atom. The molecule has 2 heterocycles. The van der Waals surface area contributed by atoms with Crippen molar-refractivity contribution in [2.24, 2.45) is 0 Å². The van der Waals surface area contributed by atoms with Crippen molar-refractivity contribution in [3.05, 3.63) is 81.6 Å². The van der Waals surface area contributed by atoms with Crippen LogP contribution in [0.15, 0.2) is 53.3 Å². The van der Waals surface area contributed by atoms with Gasteiger partial charge in [0, 0.05) is 28.6 Å². The number of anilines is 1. The molecule has 3 N–H and O–H groups in total. The minimum Gasteiger partial charge on any atom is -0.457 e. The highest BCUT2D eigenvalue weighted by molar-refractivity contribution is 5.98. The maximum absolute atomic E-state index is 14.9. The number of alkyl halides is 3. The summed E-state index contributed by atoms with van der Waals surface area (Å²) in [4.78, 5) is 45.8. The molecule has 0 spiro atoms.